The van der Waals surface area contributed by atoms with Gasteiger partial charge in [0.15, 0.2) is 11.0 Å². The third-order valence-electron chi connectivity index (χ3n) is 5.14. The minimum atomic E-state index is 0.155. The smallest absolute Gasteiger partial charge is 0.233 e. The Kier molecular flexibility index (Phi) is 5.92. The number of halogens is 1. The number of carbonyl (C=O) groups is 1. The van der Waals surface area contributed by atoms with Crippen LogP contribution in [0.15, 0.2) is 47.6 Å². The number of benzene rings is 2. The van der Waals surface area contributed by atoms with Crippen LogP contribution in [0.1, 0.15) is 24.0 Å². The number of thioether (sulfide) groups is 1. The van der Waals surface area contributed by atoms with Gasteiger partial charge >= 0.3 is 0 Å². The van der Waals surface area contributed by atoms with Crippen LogP contribution in [0.5, 0.6) is 0 Å². The topological polar surface area (TPSA) is 51.0 Å². The second kappa shape index (κ2) is 8.59. The summed E-state index contributed by atoms with van der Waals surface area (Å²) in [5, 5.41) is 10.2. The van der Waals surface area contributed by atoms with Gasteiger partial charge in [-0.2, -0.15) is 0 Å². The molecule has 2 heterocycles. The Morgan fingerprint density at radius 1 is 1.10 bits per heavy atom. The largest absolute Gasteiger partial charge is 0.342 e. The van der Waals surface area contributed by atoms with Gasteiger partial charge in [0.2, 0.25) is 5.91 Å². The van der Waals surface area contributed by atoms with Crippen LogP contribution in [0.3, 0.4) is 0 Å². The van der Waals surface area contributed by atoms with Crippen molar-refractivity contribution in [1.29, 1.82) is 0 Å². The van der Waals surface area contributed by atoms with Crippen molar-refractivity contribution in [1.82, 2.24) is 19.7 Å². The molecule has 0 aliphatic carbocycles. The first kappa shape index (κ1) is 20.0. The Morgan fingerprint density at radius 2 is 1.86 bits per heavy atom. The minimum Gasteiger partial charge on any atom is -0.342 e. The molecule has 0 radical (unpaired) electrons. The normalized spacial score (nSPS) is 13.8. The molecule has 5 nitrogen and oxygen atoms in total. The molecule has 1 aliphatic heterocycles. The van der Waals surface area contributed by atoms with Crippen molar-refractivity contribution in [2.24, 2.45) is 0 Å². The summed E-state index contributed by atoms with van der Waals surface area (Å²) in [5.74, 6) is 1.19. The molecule has 1 aromatic heterocycles. The average molecular weight is 427 g/mol. The van der Waals surface area contributed by atoms with Gasteiger partial charge in [-0.05, 0) is 56.0 Å². The van der Waals surface area contributed by atoms with Crippen molar-refractivity contribution in [3.05, 3.63) is 58.6 Å². The number of hydrogen-bond donors (Lipinski definition) is 0. The van der Waals surface area contributed by atoms with E-state index in [0.717, 1.165) is 48.3 Å². The molecule has 150 valence electrons. The fourth-order valence-corrected chi connectivity index (χ4v) is 4.61. The van der Waals surface area contributed by atoms with E-state index in [-0.39, 0.29) is 5.91 Å². The van der Waals surface area contributed by atoms with Crippen molar-refractivity contribution in [2.45, 2.75) is 31.8 Å². The lowest BCUT2D eigenvalue weighted by Crippen LogP contribution is -2.29. The highest BCUT2D eigenvalue weighted by Gasteiger charge is 2.22. The maximum Gasteiger partial charge on any atom is 0.233 e. The number of nitrogens with zero attached hydrogens (tertiary/aromatic N) is 4. The van der Waals surface area contributed by atoms with Crippen LogP contribution in [0.25, 0.3) is 17.1 Å². The molecule has 1 aliphatic rings. The number of carbonyl (C=O) groups excluding carboxylic acids is 1. The van der Waals surface area contributed by atoms with Crippen LogP contribution in [-0.4, -0.2) is 44.4 Å². The van der Waals surface area contributed by atoms with E-state index in [1.54, 1.807) is 0 Å². The zero-order valence-electron chi connectivity index (χ0n) is 16.6. The highest BCUT2D eigenvalue weighted by molar-refractivity contribution is 7.99. The highest BCUT2D eigenvalue weighted by atomic mass is 35.5. The van der Waals surface area contributed by atoms with Crippen molar-refractivity contribution in [3.8, 4) is 17.1 Å². The van der Waals surface area contributed by atoms with E-state index in [1.807, 2.05) is 33.7 Å². The first-order valence-corrected chi connectivity index (χ1v) is 11.1. The number of amides is 1. The number of aromatic nitrogens is 3. The van der Waals surface area contributed by atoms with E-state index in [4.69, 9.17) is 11.6 Å². The lowest BCUT2D eigenvalue weighted by atomic mass is 10.1. The monoisotopic (exact) mass is 426 g/mol. The number of rotatable bonds is 5. The molecule has 0 N–H and O–H groups in total. The standard InChI is InChI=1S/C22H23ClN4OS/c1-15-9-10-16(2)19(13-15)27-21(17-7-3-4-8-18(17)23)24-25-22(27)29-14-20(28)26-11-5-6-12-26/h3-4,7-10,13H,5-6,11-12,14H2,1-2H3. The summed E-state index contributed by atoms with van der Waals surface area (Å²) in [6.07, 6.45) is 2.18. The highest BCUT2D eigenvalue weighted by Crippen LogP contribution is 2.33. The fourth-order valence-electron chi connectivity index (χ4n) is 3.54. The number of aryl methyl sites for hydroxylation is 2. The molecule has 0 saturated carbocycles. The summed E-state index contributed by atoms with van der Waals surface area (Å²) in [4.78, 5) is 14.5. The zero-order chi connectivity index (χ0) is 20.4. The Morgan fingerprint density at radius 3 is 2.62 bits per heavy atom. The van der Waals surface area contributed by atoms with Crippen LogP contribution >= 0.6 is 23.4 Å². The molecule has 4 rings (SSSR count). The second-order valence-corrected chi connectivity index (χ2v) is 8.64. The van der Waals surface area contributed by atoms with Crippen molar-refractivity contribution in [3.63, 3.8) is 0 Å². The van der Waals surface area contributed by atoms with Crippen LogP contribution in [0, 0.1) is 13.8 Å². The Hall–Kier alpha value is -2.31. The third-order valence-corrected chi connectivity index (χ3v) is 6.38. The molecule has 0 spiro atoms. The van der Waals surface area contributed by atoms with Gasteiger partial charge in [0, 0.05) is 18.7 Å². The van der Waals surface area contributed by atoms with Crippen molar-refractivity contribution >= 4 is 29.3 Å². The summed E-state index contributed by atoms with van der Waals surface area (Å²) in [7, 11) is 0. The average Bonchev–Trinajstić information content (AvgIpc) is 3.38. The molecule has 1 fully saturated rings. The predicted octanol–water partition coefficient (Wildman–Crippen LogP) is 4.92. The number of likely N-dealkylation sites (tertiary alicyclic amines) is 1. The SMILES string of the molecule is Cc1ccc(C)c(-n2c(SCC(=O)N3CCCC3)nnc2-c2ccccc2Cl)c1. The van der Waals surface area contributed by atoms with E-state index in [9.17, 15) is 4.79 Å². The molecule has 2 aromatic carbocycles. The van der Waals surface area contributed by atoms with Gasteiger partial charge in [-0.3, -0.25) is 9.36 Å². The Bertz CT molecular complexity index is 1040. The summed E-state index contributed by atoms with van der Waals surface area (Å²) in [5.41, 5.74) is 4.08. The van der Waals surface area contributed by atoms with Crippen LogP contribution < -0.4 is 0 Å². The van der Waals surface area contributed by atoms with Gasteiger partial charge in [-0.15, -0.1) is 10.2 Å². The maximum atomic E-state index is 12.5. The Balaban J connectivity index is 1.74. The second-order valence-electron chi connectivity index (χ2n) is 7.29. The number of hydrogen-bond acceptors (Lipinski definition) is 4. The molecule has 1 amide bonds. The van der Waals surface area contributed by atoms with Gasteiger partial charge < -0.3 is 4.90 Å². The van der Waals surface area contributed by atoms with E-state index >= 15 is 0 Å². The first-order chi connectivity index (χ1) is 14.0. The Labute approximate surface area is 180 Å². The maximum absolute atomic E-state index is 12.5. The predicted molar refractivity (Wildman–Crippen MR) is 118 cm³/mol. The van der Waals surface area contributed by atoms with E-state index in [0.29, 0.717) is 21.8 Å². The molecule has 0 bridgehead atoms. The van der Waals surface area contributed by atoms with Crippen LogP contribution in [-0.2, 0) is 4.79 Å². The molecular weight excluding hydrogens is 404 g/mol. The van der Waals surface area contributed by atoms with Crippen molar-refractivity contribution < 1.29 is 4.79 Å². The zero-order valence-corrected chi connectivity index (χ0v) is 18.1. The molecule has 7 heteroatoms. The van der Waals surface area contributed by atoms with Gasteiger partial charge in [0.05, 0.1) is 16.5 Å². The minimum absolute atomic E-state index is 0.155. The van der Waals surface area contributed by atoms with E-state index in [1.165, 1.54) is 11.8 Å². The van der Waals surface area contributed by atoms with Crippen LogP contribution in [0.4, 0.5) is 0 Å². The van der Waals surface area contributed by atoms with Gasteiger partial charge in [0.25, 0.3) is 0 Å². The molecular formula is C22H23ClN4OS. The lowest BCUT2D eigenvalue weighted by Gasteiger charge is -2.16. The van der Waals surface area contributed by atoms with Gasteiger partial charge in [-0.25, -0.2) is 0 Å². The van der Waals surface area contributed by atoms with Gasteiger partial charge in [-0.1, -0.05) is 47.6 Å². The summed E-state index contributed by atoms with van der Waals surface area (Å²) < 4.78 is 2.02. The first-order valence-electron chi connectivity index (χ1n) is 9.73. The summed E-state index contributed by atoms with van der Waals surface area (Å²) in [6, 6.07) is 13.9. The molecule has 1 saturated heterocycles. The third kappa shape index (κ3) is 4.19. The van der Waals surface area contributed by atoms with Crippen molar-refractivity contribution in [2.75, 3.05) is 18.8 Å². The molecule has 3 aromatic rings. The summed E-state index contributed by atoms with van der Waals surface area (Å²) >= 11 is 7.89. The summed E-state index contributed by atoms with van der Waals surface area (Å²) in [6.45, 7) is 5.84. The lowest BCUT2D eigenvalue weighted by molar-refractivity contribution is -0.127. The van der Waals surface area contributed by atoms with E-state index in [2.05, 4.69) is 42.2 Å². The molecule has 29 heavy (non-hydrogen) atoms. The fraction of sp³-hybridized carbons (Fsp3) is 0.318. The van der Waals surface area contributed by atoms with Gasteiger partial charge in [0.1, 0.15) is 0 Å². The molecule has 0 atom stereocenters. The van der Waals surface area contributed by atoms with Crippen LogP contribution in [0.2, 0.25) is 5.02 Å². The quantitative estimate of drug-likeness (QED) is 0.543. The molecule has 0 unspecified atom stereocenters. The van der Waals surface area contributed by atoms with E-state index < -0.39 is 0 Å².